The van der Waals surface area contributed by atoms with E-state index in [1.807, 2.05) is 0 Å². The Morgan fingerprint density at radius 3 is 2.33 bits per heavy atom. The van der Waals surface area contributed by atoms with Gasteiger partial charge < -0.3 is 10.3 Å². The van der Waals surface area contributed by atoms with Gasteiger partial charge in [0.25, 0.3) is 0 Å². The van der Waals surface area contributed by atoms with Crippen molar-refractivity contribution in [3.63, 3.8) is 0 Å². The molecule has 6 heteroatoms. The van der Waals surface area contributed by atoms with E-state index in [0.29, 0.717) is 0 Å². The highest BCUT2D eigenvalue weighted by molar-refractivity contribution is 7.80. The van der Waals surface area contributed by atoms with E-state index in [-0.39, 0.29) is 6.54 Å². The van der Waals surface area contributed by atoms with Crippen LogP contribution < -0.4 is 5.73 Å². The minimum Gasteiger partial charge on any atom is -0.726 e. The summed E-state index contributed by atoms with van der Waals surface area (Å²) >= 11 is 0. The van der Waals surface area contributed by atoms with Gasteiger partial charge in [0.15, 0.2) is 0 Å². The fraction of sp³-hybridized carbons (Fsp3) is 1.00. The van der Waals surface area contributed by atoms with Gasteiger partial charge in [0.1, 0.15) is 12.6 Å². The fourth-order valence-electron chi connectivity index (χ4n) is 0.249. The summed E-state index contributed by atoms with van der Waals surface area (Å²) in [5.41, 5.74) is 3.34. The van der Waals surface area contributed by atoms with Crippen LogP contribution in [0.2, 0.25) is 0 Å². The standard InChI is InChI=1S/C3H9NO4S/c1-3(2-4)8-9(5,6)7/h3H,2,4H2,1H3,(H,5,6,7). The average molecular weight is 155 g/mol. The van der Waals surface area contributed by atoms with Gasteiger partial charge in [-0.05, 0) is 6.92 Å². The normalized spacial score (nSPS) is 15.4. The molecular formula is C3H9NO4S. The molecule has 0 aromatic heterocycles. The monoisotopic (exact) mass is 155 g/mol. The number of hydrogen-bond acceptors (Lipinski definition) is 4. The molecule has 9 heavy (non-hydrogen) atoms. The van der Waals surface area contributed by atoms with Crippen LogP contribution >= 0.6 is 0 Å². The molecule has 0 radical (unpaired) electrons. The van der Waals surface area contributed by atoms with E-state index in [0.717, 1.165) is 0 Å². The summed E-state index contributed by atoms with van der Waals surface area (Å²) < 4.78 is 33.3. The van der Waals surface area contributed by atoms with E-state index >= 15 is 0 Å². The molecule has 0 spiro atoms. The minimum atomic E-state index is -4.53. The van der Waals surface area contributed by atoms with Crippen molar-refractivity contribution in [2.24, 2.45) is 0 Å². The van der Waals surface area contributed by atoms with Crippen molar-refractivity contribution >= 4 is 10.4 Å². The van der Waals surface area contributed by atoms with Gasteiger partial charge in [0.05, 0.1) is 0 Å². The minimum absolute atomic E-state index is 0.265. The predicted octanol–water partition coefficient (Wildman–Crippen LogP) is -1.91. The van der Waals surface area contributed by atoms with Crippen LogP contribution in [0.5, 0.6) is 0 Å². The predicted molar refractivity (Wildman–Crippen MR) is 28.0 cm³/mol. The quantitative estimate of drug-likeness (QED) is 0.380. The molecular weight excluding hydrogens is 146 g/mol. The molecule has 1 unspecified atom stereocenters. The van der Waals surface area contributed by atoms with Crippen molar-refractivity contribution in [2.75, 3.05) is 6.54 Å². The van der Waals surface area contributed by atoms with Crippen molar-refractivity contribution in [3.8, 4) is 0 Å². The van der Waals surface area contributed by atoms with Gasteiger partial charge in [0, 0.05) is 0 Å². The highest BCUT2D eigenvalue weighted by atomic mass is 32.3. The molecule has 0 aliphatic carbocycles. The fourth-order valence-corrected chi connectivity index (χ4v) is 0.748. The molecule has 0 bridgehead atoms. The van der Waals surface area contributed by atoms with Crippen LogP contribution in [0.1, 0.15) is 6.92 Å². The second kappa shape index (κ2) is 3.11. The summed E-state index contributed by atoms with van der Waals surface area (Å²) in [4.78, 5) is 0. The third-order valence-electron chi connectivity index (χ3n) is 0.689. The molecule has 0 aromatic carbocycles. The smallest absolute Gasteiger partial charge is 0.218 e. The zero-order valence-electron chi connectivity index (χ0n) is 5.03. The first kappa shape index (κ1) is 8.83. The Morgan fingerprint density at radius 1 is 1.78 bits per heavy atom. The highest BCUT2D eigenvalue weighted by Crippen LogP contribution is 1.91. The van der Waals surface area contributed by atoms with Gasteiger partial charge in [-0.15, -0.1) is 0 Å². The summed E-state index contributed by atoms with van der Waals surface area (Å²) in [6.07, 6.45) is -0.618. The second-order valence-electron chi connectivity index (χ2n) is 1.60. The van der Waals surface area contributed by atoms with Crippen LogP contribution in [0.25, 0.3) is 0 Å². The molecule has 1 atom stereocenters. The Hall–Kier alpha value is -0.170. The molecule has 0 aromatic rings. The third-order valence-corrected chi connectivity index (χ3v) is 1.25. The molecule has 0 heterocycles. The van der Waals surface area contributed by atoms with Crippen molar-refractivity contribution in [2.45, 2.75) is 13.0 Å². The topological polar surface area (TPSA) is 94.1 Å². The Labute approximate surface area is 53.8 Å². The lowest BCUT2D eigenvalue weighted by molar-refractivity contribution is -0.380. The summed E-state index contributed by atoms with van der Waals surface area (Å²) in [6.45, 7) is 1.73. The van der Waals surface area contributed by atoms with E-state index < -0.39 is 16.5 Å². The molecule has 0 aliphatic heterocycles. The molecule has 0 aliphatic rings. The van der Waals surface area contributed by atoms with Gasteiger partial charge in [-0.2, -0.15) is 0 Å². The lowest BCUT2D eigenvalue weighted by Gasteiger charge is -2.10. The molecule has 0 fully saturated rings. The van der Waals surface area contributed by atoms with E-state index in [2.05, 4.69) is 9.92 Å². The third kappa shape index (κ3) is 5.71. The molecule has 3 N–H and O–H groups in total. The first-order chi connectivity index (χ1) is 3.95. The zero-order chi connectivity index (χ0) is 7.49. The van der Waals surface area contributed by atoms with Crippen molar-refractivity contribution in [3.05, 3.63) is 0 Å². The zero-order valence-corrected chi connectivity index (χ0v) is 5.85. The first-order valence-corrected chi connectivity index (χ1v) is 3.72. The van der Waals surface area contributed by atoms with E-state index in [1.54, 1.807) is 0 Å². The number of quaternary nitrogens is 1. The lowest BCUT2D eigenvalue weighted by Crippen LogP contribution is -2.55. The summed E-state index contributed by atoms with van der Waals surface area (Å²) in [5.74, 6) is 0. The largest absolute Gasteiger partial charge is 0.726 e. The van der Waals surface area contributed by atoms with Crippen molar-refractivity contribution in [1.29, 1.82) is 0 Å². The van der Waals surface area contributed by atoms with Crippen molar-refractivity contribution < 1.29 is 22.9 Å². The number of hydrogen-bond donors (Lipinski definition) is 1. The summed E-state index contributed by atoms with van der Waals surface area (Å²) in [5, 5.41) is 0. The Kier molecular flexibility index (Phi) is 3.06. The van der Waals surface area contributed by atoms with E-state index in [1.165, 1.54) is 6.92 Å². The van der Waals surface area contributed by atoms with Crippen LogP contribution in [0.15, 0.2) is 0 Å². The summed E-state index contributed by atoms with van der Waals surface area (Å²) in [6, 6.07) is 0. The molecule has 56 valence electrons. The highest BCUT2D eigenvalue weighted by Gasteiger charge is 2.04. The molecule has 5 nitrogen and oxygen atoms in total. The van der Waals surface area contributed by atoms with Gasteiger partial charge >= 0.3 is 0 Å². The maximum absolute atomic E-state index is 9.80. The van der Waals surface area contributed by atoms with Gasteiger partial charge in [-0.25, -0.2) is 8.42 Å². The molecule has 0 saturated heterocycles. The second-order valence-corrected chi connectivity index (χ2v) is 2.61. The Balaban J connectivity index is 3.75. The van der Waals surface area contributed by atoms with Gasteiger partial charge in [0.2, 0.25) is 10.4 Å². The Morgan fingerprint density at radius 2 is 2.22 bits per heavy atom. The Bertz CT molecular complexity index is 163. The SMILES string of the molecule is CC(C[NH3+])OS(=O)(=O)[O-]. The van der Waals surface area contributed by atoms with Crippen molar-refractivity contribution in [1.82, 2.24) is 0 Å². The molecule has 0 saturated carbocycles. The van der Waals surface area contributed by atoms with Crippen LogP contribution in [0.4, 0.5) is 0 Å². The maximum atomic E-state index is 9.80. The average Bonchev–Trinajstić information content (AvgIpc) is 1.62. The molecule has 0 rings (SSSR count). The van der Waals surface area contributed by atoms with Gasteiger partial charge in [-0.1, -0.05) is 0 Å². The maximum Gasteiger partial charge on any atom is 0.218 e. The van der Waals surface area contributed by atoms with Crippen LogP contribution in [-0.2, 0) is 14.6 Å². The summed E-state index contributed by atoms with van der Waals surface area (Å²) in [7, 11) is -4.53. The first-order valence-electron chi connectivity index (χ1n) is 2.39. The van der Waals surface area contributed by atoms with Gasteiger partial charge in [-0.3, -0.25) is 4.18 Å². The van der Waals surface area contributed by atoms with E-state index in [9.17, 15) is 13.0 Å². The van der Waals surface area contributed by atoms with E-state index in [4.69, 9.17) is 0 Å². The lowest BCUT2D eigenvalue weighted by atomic mass is 10.4. The van der Waals surface area contributed by atoms with Crippen LogP contribution in [-0.4, -0.2) is 25.6 Å². The molecule has 0 amide bonds. The van der Waals surface area contributed by atoms with Crippen LogP contribution in [0, 0.1) is 0 Å². The van der Waals surface area contributed by atoms with Crippen LogP contribution in [0.3, 0.4) is 0 Å². The number of rotatable bonds is 3.